The van der Waals surface area contributed by atoms with Gasteiger partial charge in [-0.25, -0.2) is 0 Å². The van der Waals surface area contributed by atoms with Gasteiger partial charge in [0.25, 0.3) is 0 Å². The van der Waals surface area contributed by atoms with Gasteiger partial charge < -0.3 is 4.57 Å². The number of aryl methyl sites for hydroxylation is 2. The predicted molar refractivity (Wildman–Crippen MR) is 115 cm³/mol. The quantitative estimate of drug-likeness (QED) is 0.384. The van der Waals surface area contributed by atoms with Crippen LogP contribution in [0.2, 0.25) is 0 Å². The summed E-state index contributed by atoms with van der Waals surface area (Å²) in [5.41, 5.74) is 9.37. The van der Waals surface area contributed by atoms with Gasteiger partial charge in [0.05, 0.1) is 5.52 Å². The molecule has 0 saturated heterocycles. The van der Waals surface area contributed by atoms with Gasteiger partial charge in [-0.2, -0.15) is 0 Å². The molecular weight excluding hydrogens is 326 g/mol. The van der Waals surface area contributed by atoms with Gasteiger partial charge >= 0.3 is 0 Å². The first-order valence-corrected chi connectivity index (χ1v) is 9.65. The molecule has 1 aliphatic rings. The monoisotopic (exact) mass is 349 g/mol. The van der Waals surface area contributed by atoms with E-state index in [4.69, 9.17) is 0 Å². The average Bonchev–Trinajstić information content (AvgIpc) is 3.01. The Morgan fingerprint density at radius 2 is 1.63 bits per heavy atom. The summed E-state index contributed by atoms with van der Waals surface area (Å²) in [6, 6.07) is 26.5. The number of hydrogen-bond acceptors (Lipinski definition) is 0. The maximum atomic E-state index is 2.41. The molecule has 0 spiro atoms. The van der Waals surface area contributed by atoms with Crippen molar-refractivity contribution in [3.05, 3.63) is 107 Å². The van der Waals surface area contributed by atoms with Crippen LogP contribution in [0.1, 0.15) is 33.9 Å². The molecule has 132 valence electrons. The van der Waals surface area contributed by atoms with Crippen LogP contribution < -0.4 is 0 Å². The molecule has 0 fully saturated rings. The van der Waals surface area contributed by atoms with Crippen LogP contribution in [-0.4, -0.2) is 4.57 Å². The van der Waals surface area contributed by atoms with Crippen molar-refractivity contribution in [1.29, 1.82) is 0 Å². The maximum absolute atomic E-state index is 2.41. The number of allylic oxidation sites excluding steroid dienone is 1. The van der Waals surface area contributed by atoms with E-state index in [0.717, 1.165) is 6.42 Å². The maximum Gasteiger partial charge on any atom is 0.0537 e. The van der Waals surface area contributed by atoms with Crippen LogP contribution in [0.15, 0.2) is 78.9 Å². The number of hydrogen-bond donors (Lipinski definition) is 0. The fraction of sp³-hybridized carbons (Fsp3) is 0.154. The summed E-state index contributed by atoms with van der Waals surface area (Å²) in [5, 5.41) is 1.39. The van der Waals surface area contributed by atoms with Crippen molar-refractivity contribution >= 4 is 17.0 Å². The van der Waals surface area contributed by atoms with Crippen molar-refractivity contribution in [2.75, 3.05) is 0 Å². The van der Waals surface area contributed by atoms with Gasteiger partial charge in [0.1, 0.15) is 0 Å². The van der Waals surface area contributed by atoms with Crippen LogP contribution in [0, 0.1) is 13.8 Å². The van der Waals surface area contributed by atoms with E-state index in [1.54, 1.807) is 0 Å². The zero-order valence-electron chi connectivity index (χ0n) is 15.8. The second-order valence-corrected chi connectivity index (χ2v) is 7.64. The molecule has 1 aliphatic carbocycles. The zero-order chi connectivity index (χ0) is 18.4. The van der Waals surface area contributed by atoms with E-state index < -0.39 is 0 Å². The topological polar surface area (TPSA) is 4.93 Å². The normalized spacial score (nSPS) is 15.9. The lowest BCUT2D eigenvalue weighted by Gasteiger charge is -2.20. The molecule has 0 N–H and O–H groups in total. The summed E-state index contributed by atoms with van der Waals surface area (Å²) in [5.74, 6) is 0.438. The first-order valence-electron chi connectivity index (χ1n) is 9.65. The molecule has 1 aromatic heterocycles. The first kappa shape index (κ1) is 16.1. The van der Waals surface area contributed by atoms with Crippen molar-refractivity contribution in [2.24, 2.45) is 0 Å². The van der Waals surface area contributed by atoms with Crippen LogP contribution in [-0.2, 0) is 6.42 Å². The van der Waals surface area contributed by atoms with E-state index in [-0.39, 0.29) is 0 Å². The summed E-state index contributed by atoms with van der Waals surface area (Å²) in [7, 11) is 0. The number of fused-ring (bicyclic) bond motifs is 3. The number of rotatable bonds is 2. The Balaban J connectivity index is 1.71. The van der Waals surface area contributed by atoms with Crippen molar-refractivity contribution in [2.45, 2.75) is 26.2 Å². The van der Waals surface area contributed by atoms with E-state index in [2.05, 4.69) is 103 Å². The Labute approximate surface area is 160 Å². The largest absolute Gasteiger partial charge is 0.310 e. The molecule has 1 heteroatoms. The molecule has 1 nitrogen and oxygen atoms in total. The van der Waals surface area contributed by atoms with E-state index >= 15 is 0 Å². The summed E-state index contributed by atoms with van der Waals surface area (Å²) < 4.78 is 2.41. The van der Waals surface area contributed by atoms with Crippen molar-refractivity contribution in [1.82, 2.24) is 4.57 Å². The molecule has 0 bridgehead atoms. The van der Waals surface area contributed by atoms with Gasteiger partial charge in [-0.1, -0.05) is 65.7 Å². The third kappa shape index (κ3) is 2.71. The highest BCUT2D eigenvalue weighted by atomic mass is 15.0. The Bertz CT molecular complexity index is 1160. The summed E-state index contributed by atoms with van der Waals surface area (Å²) in [6.45, 7) is 4.36. The molecular formula is C26H23N. The smallest absolute Gasteiger partial charge is 0.0537 e. The molecule has 27 heavy (non-hydrogen) atoms. The van der Waals surface area contributed by atoms with Crippen LogP contribution in [0.5, 0.6) is 0 Å². The highest BCUT2D eigenvalue weighted by Gasteiger charge is 2.23. The third-order valence-corrected chi connectivity index (χ3v) is 5.66. The molecule has 4 aromatic rings. The SMILES string of the molecule is Cc1cccc(C2C=Cc3c(c4cc(C)ccc4n3-c3ccccc3)C2)c1. The predicted octanol–water partition coefficient (Wildman–Crippen LogP) is 6.60. The lowest BCUT2D eigenvalue weighted by molar-refractivity contribution is 0.824. The highest BCUT2D eigenvalue weighted by molar-refractivity contribution is 5.91. The number of nitrogens with zero attached hydrogens (tertiary/aromatic N) is 1. The Morgan fingerprint density at radius 3 is 2.44 bits per heavy atom. The van der Waals surface area contributed by atoms with Gasteiger partial charge in [0.2, 0.25) is 0 Å². The van der Waals surface area contributed by atoms with Crippen molar-refractivity contribution in [3.63, 3.8) is 0 Å². The molecule has 1 unspecified atom stereocenters. The zero-order valence-corrected chi connectivity index (χ0v) is 15.8. The van der Waals surface area contributed by atoms with Crippen LogP contribution >= 0.6 is 0 Å². The van der Waals surface area contributed by atoms with E-state index in [0.29, 0.717) is 5.92 Å². The summed E-state index contributed by atoms with van der Waals surface area (Å²) >= 11 is 0. The number of benzene rings is 3. The van der Waals surface area contributed by atoms with Gasteiger partial charge in [-0.05, 0) is 61.7 Å². The van der Waals surface area contributed by atoms with Crippen LogP contribution in [0.4, 0.5) is 0 Å². The fourth-order valence-electron chi connectivity index (χ4n) is 4.36. The number of aromatic nitrogens is 1. The lowest BCUT2D eigenvalue weighted by Crippen LogP contribution is -2.07. The Hall–Kier alpha value is -3.06. The van der Waals surface area contributed by atoms with Gasteiger partial charge in [-0.3, -0.25) is 0 Å². The van der Waals surface area contributed by atoms with Crippen molar-refractivity contribution in [3.8, 4) is 5.69 Å². The van der Waals surface area contributed by atoms with E-state index in [9.17, 15) is 0 Å². The summed E-state index contributed by atoms with van der Waals surface area (Å²) in [6.07, 6.45) is 5.76. The molecule has 0 saturated carbocycles. The van der Waals surface area contributed by atoms with E-state index in [1.165, 1.54) is 44.5 Å². The molecule has 0 amide bonds. The highest BCUT2D eigenvalue weighted by Crippen LogP contribution is 2.38. The third-order valence-electron chi connectivity index (χ3n) is 5.66. The van der Waals surface area contributed by atoms with Crippen molar-refractivity contribution < 1.29 is 0 Å². The number of para-hydroxylation sites is 1. The Morgan fingerprint density at radius 1 is 0.815 bits per heavy atom. The first-order chi connectivity index (χ1) is 13.2. The molecule has 0 aliphatic heterocycles. The van der Waals surface area contributed by atoms with Gasteiger partial charge in [-0.15, -0.1) is 0 Å². The second-order valence-electron chi connectivity index (χ2n) is 7.64. The van der Waals surface area contributed by atoms with Gasteiger partial charge in [0, 0.05) is 22.7 Å². The van der Waals surface area contributed by atoms with Crippen LogP contribution in [0.25, 0.3) is 22.7 Å². The molecule has 3 aromatic carbocycles. The van der Waals surface area contributed by atoms with Crippen LogP contribution in [0.3, 0.4) is 0 Å². The van der Waals surface area contributed by atoms with E-state index in [1.807, 2.05) is 0 Å². The summed E-state index contributed by atoms with van der Waals surface area (Å²) in [4.78, 5) is 0. The standard InChI is InChI=1S/C26H23N/c1-18-7-6-8-20(15-18)21-12-14-26-24(17-21)23-16-19(2)11-13-25(23)27(26)22-9-4-3-5-10-22/h3-16,21H,17H2,1-2H3. The fourth-order valence-corrected chi connectivity index (χ4v) is 4.36. The minimum Gasteiger partial charge on any atom is -0.310 e. The molecule has 5 rings (SSSR count). The lowest BCUT2D eigenvalue weighted by atomic mass is 9.86. The Kier molecular flexibility index (Phi) is 3.75. The molecule has 1 heterocycles. The second kappa shape index (κ2) is 6.28. The average molecular weight is 349 g/mol. The molecule has 0 radical (unpaired) electrons. The minimum absolute atomic E-state index is 0.438. The molecule has 1 atom stereocenters. The minimum atomic E-state index is 0.438. The van der Waals surface area contributed by atoms with Gasteiger partial charge in [0.15, 0.2) is 0 Å².